The molecule has 2 fully saturated rings. The van der Waals surface area contributed by atoms with Gasteiger partial charge in [0.25, 0.3) is 0 Å². The average Bonchev–Trinajstić information content (AvgIpc) is 3.28. The molecule has 0 aromatic heterocycles. The molecule has 2 aliphatic rings. The molecule has 2 aromatic rings. The Morgan fingerprint density at radius 3 is 2.43 bits per heavy atom. The highest BCUT2D eigenvalue weighted by atomic mass is 35.5. The van der Waals surface area contributed by atoms with E-state index in [2.05, 4.69) is 10.6 Å². The summed E-state index contributed by atoms with van der Waals surface area (Å²) >= 11 is 5.87. The Bertz CT molecular complexity index is 1160. The Morgan fingerprint density at radius 1 is 1.03 bits per heavy atom. The van der Waals surface area contributed by atoms with Crippen LogP contribution in [0.25, 0.3) is 0 Å². The second kappa shape index (κ2) is 10.3. The molecular formula is C24H25ClFN5O4. The number of rotatable bonds is 5. The summed E-state index contributed by atoms with van der Waals surface area (Å²) in [6.45, 7) is 0.619. The van der Waals surface area contributed by atoms with E-state index in [1.54, 1.807) is 30.3 Å². The molecule has 2 atom stereocenters. The molecule has 184 valence electrons. The smallest absolute Gasteiger partial charge is 0.322 e. The third kappa shape index (κ3) is 5.37. The number of carbonyl (C=O) groups is 4. The Kier molecular flexibility index (Phi) is 7.20. The summed E-state index contributed by atoms with van der Waals surface area (Å²) in [5.74, 6) is -3.21. The van der Waals surface area contributed by atoms with Crippen molar-refractivity contribution < 1.29 is 23.6 Å². The van der Waals surface area contributed by atoms with Crippen LogP contribution in [0.5, 0.6) is 0 Å². The third-order valence-corrected chi connectivity index (χ3v) is 6.49. The average molecular weight is 502 g/mol. The van der Waals surface area contributed by atoms with Gasteiger partial charge in [0.1, 0.15) is 11.9 Å². The molecule has 5 amide bonds. The zero-order chi connectivity index (χ0) is 25.1. The summed E-state index contributed by atoms with van der Waals surface area (Å²) in [6.07, 6.45) is 2.23. The van der Waals surface area contributed by atoms with Gasteiger partial charge >= 0.3 is 6.03 Å². The molecule has 11 heteroatoms. The number of nitrogens with zero attached hydrogens (tertiary/aromatic N) is 2. The van der Waals surface area contributed by atoms with Crippen LogP contribution in [0, 0.1) is 11.7 Å². The number of nitrogens with one attached hydrogen (secondary N) is 2. The first-order valence-electron chi connectivity index (χ1n) is 11.3. The monoisotopic (exact) mass is 501 g/mol. The molecule has 0 bridgehead atoms. The lowest BCUT2D eigenvalue weighted by molar-refractivity contribution is -0.128. The quantitative estimate of drug-likeness (QED) is 0.581. The molecule has 2 unspecified atom stereocenters. The normalized spacial score (nSPS) is 20.0. The van der Waals surface area contributed by atoms with Gasteiger partial charge in [0.05, 0.1) is 11.6 Å². The number of nitrogens with two attached hydrogens (primary N) is 1. The highest BCUT2D eigenvalue weighted by Crippen LogP contribution is 2.29. The van der Waals surface area contributed by atoms with E-state index < -0.39 is 35.6 Å². The molecule has 2 heterocycles. The number of urea groups is 1. The van der Waals surface area contributed by atoms with Gasteiger partial charge < -0.3 is 26.2 Å². The second-order valence-electron chi connectivity index (χ2n) is 8.53. The van der Waals surface area contributed by atoms with Gasteiger partial charge in [-0.05, 0) is 61.7 Å². The summed E-state index contributed by atoms with van der Waals surface area (Å²) < 4.78 is 14.9. The predicted octanol–water partition coefficient (Wildman–Crippen LogP) is 3.34. The van der Waals surface area contributed by atoms with E-state index in [0.717, 1.165) is 12.8 Å². The van der Waals surface area contributed by atoms with Crippen molar-refractivity contribution in [3.8, 4) is 0 Å². The first-order chi connectivity index (χ1) is 16.7. The fraction of sp³-hybridized carbons (Fsp3) is 0.333. The molecule has 0 radical (unpaired) electrons. The lowest BCUT2D eigenvalue weighted by Gasteiger charge is -2.28. The van der Waals surface area contributed by atoms with Crippen molar-refractivity contribution in [3.63, 3.8) is 0 Å². The Labute approximate surface area is 206 Å². The van der Waals surface area contributed by atoms with Crippen molar-refractivity contribution in [2.24, 2.45) is 11.7 Å². The number of hydrogen-bond acceptors (Lipinski definition) is 4. The summed E-state index contributed by atoms with van der Waals surface area (Å²) in [5, 5.41) is 5.63. The van der Waals surface area contributed by atoms with Gasteiger partial charge in [0.15, 0.2) is 0 Å². The third-order valence-electron chi connectivity index (χ3n) is 6.23. The Morgan fingerprint density at radius 2 is 1.77 bits per heavy atom. The summed E-state index contributed by atoms with van der Waals surface area (Å²) in [4.78, 5) is 52.9. The van der Waals surface area contributed by atoms with Crippen LogP contribution < -0.4 is 21.3 Å². The maximum absolute atomic E-state index is 14.9. The molecule has 2 aromatic carbocycles. The number of primary amides is 1. The van der Waals surface area contributed by atoms with Crippen LogP contribution in [-0.4, -0.2) is 47.8 Å². The summed E-state index contributed by atoms with van der Waals surface area (Å²) in [6, 6.07) is 8.66. The number of carbonyl (C=O) groups excluding carboxylic acids is 4. The number of likely N-dealkylation sites (tertiary alicyclic amines) is 1. The van der Waals surface area contributed by atoms with E-state index in [1.807, 2.05) is 0 Å². The molecular weight excluding hydrogens is 477 g/mol. The molecule has 0 spiro atoms. The minimum absolute atomic E-state index is 0.0787. The zero-order valence-electron chi connectivity index (χ0n) is 18.8. The lowest BCUT2D eigenvalue weighted by Crippen LogP contribution is -2.50. The van der Waals surface area contributed by atoms with Gasteiger partial charge in [-0.25, -0.2) is 9.18 Å². The van der Waals surface area contributed by atoms with Crippen molar-refractivity contribution in [1.29, 1.82) is 0 Å². The van der Waals surface area contributed by atoms with Crippen LogP contribution in [0.4, 0.5) is 26.2 Å². The fourth-order valence-corrected chi connectivity index (χ4v) is 4.56. The van der Waals surface area contributed by atoms with Crippen LogP contribution in [0.3, 0.4) is 0 Å². The van der Waals surface area contributed by atoms with E-state index in [0.29, 0.717) is 29.4 Å². The second-order valence-corrected chi connectivity index (χ2v) is 8.97. The van der Waals surface area contributed by atoms with E-state index in [4.69, 9.17) is 17.3 Å². The van der Waals surface area contributed by atoms with E-state index in [9.17, 15) is 23.6 Å². The van der Waals surface area contributed by atoms with E-state index in [1.165, 1.54) is 21.9 Å². The maximum atomic E-state index is 14.9. The SMILES string of the molecule is NC(=O)C1CCN(C(=O)Nc2ccc(Cl)cc2)C1C(=O)Nc1ccc(N2CCCCC2=O)cc1F. The highest BCUT2D eigenvalue weighted by Gasteiger charge is 2.45. The van der Waals surface area contributed by atoms with Gasteiger partial charge in [-0.3, -0.25) is 14.4 Å². The van der Waals surface area contributed by atoms with Crippen molar-refractivity contribution in [3.05, 3.63) is 53.3 Å². The van der Waals surface area contributed by atoms with Crippen molar-refractivity contribution in [2.75, 3.05) is 28.6 Å². The first-order valence-corrected chi connectivity index (χ1v) is 11.7. The molecule has 35 heavy (non-hydrogen) atoms. The Hall–Kier alpha value is -3.66. The minimum Gasteiger partial charge on any atom is -0.369 e. The topological polar surface area (TPSA) is 125 Å². The van der Waals surface area contributed by atoms with Crippen molar-refractivity contribution in [2.45, 2.75) is 31.7 Å². The molecule has 0 saturated carbocycles. The van der Waals surface area contributed by atoms with Gasteiger partial charge in [-0.2, -0.15) is 0 Å². The number of piperidine rings is 1. The van der Waals surface area contributed by atoms with Crippen LogP contribution in [0.2, 0.25) is 5.02 Å². The fourth-order valence-electron chi connectivity index (χ4n) is 4.43. The van der Waals surface area contributed by atoms with Crippen LogP contribution in [0.1, 0.15) is 25.7 Å². The van der Waals surface area contributed by atoms with E-state index in [-0.39, 0.29) is 24.6 Å². The highest BCUT2D eigenvalue weighted by molar-refractivity contribution is 6.30. The van der Waals surface area contributed by atoms with Crippen LogP contribution in [-0.2, 0) is 14.4 Å². The molecule has 0 aliphatic carbocycles. The largest absolute Gasteiger partial charge is 0.369 e. The van der Waals surface area contributed by atoms with E-state index >= 15 is 0 Å². The summed E-state index contributed by atoms with van der Waals surface area (Å²) in [7, 11) is 0. The molecule has 2 aliphatic heterocycles. The van der Waals surface area contributed by atoms with Crippen molar-refractivity contribution >= 4 is 52.4 Å². The number of halogens is 2. The minimum atomic E-state index is -1.22. The number of anilines is 3. The van der Waals surface area contributed by atoms with Gasteiger partial charge in [0, 0.05) is 35.9 Å². The molecule has 4 rings (SSSR count). The van der Waals surface area contributed by atoms with Gasteiger partial charge in [0.2, 0.25) is 17.7 Å². The first kappa shape index (κ1) is 24.5. The van der Waals surface area contributed by atoms with Crippen LogP contribution in [0.15, 0.2) is 42.5 Å². The Balaban J connectivity index is 1.51. The van der Waals surface area contributed by atoms with Crippen LogP contribution >= 0.6 is 11.6 Å². The zero-order valence-corrected chi connectivity index (χ0v) is 19.6. The molecule has 4 N–H and O–H groups in total. The van der Waals surface area contributed by atoms with Gasteiger partial charge in [-0.15, -0.1) is 0 Å². The number of benzene rings is 2. The predicted molar refractivity (Wildman–Crippen MR) is 129 cm³/mol. The maximum Gasteiger partial charge on any atom is 0.322 e. The molecule has 2 saturated heterocycles. The standard InChI is InChI=1S/C24H25ClFN5O4/c25-14-4-6-15(7-5-14)28-24(35)31-12-10-17(22(27)33)21(31)23(34)29-19-9-8-16(13-18(19)26)30-11-2-1-3-20(30)32/h4-9,13,17,21H,1-3,10-12H2,(H2,27,33)(H,28,35)(H,29,34). The number of amides is 5. The number of hydrogen-bond donors (Lipinski definition) is 3. The summed E-state index contributed by atoms with van der Waals surface area (Å²) in [5.41, 5.74) is 6.23. The van der Waals surface area contributed by atoms with Crippen molar-refractivity contribution in [1.82, 2.24) is 4.90 Å². The van der Waals surface area contributed by atoms with Gasteiger partial charge in [-0.1, -0.05) is 11.6 Å². The molecule has 9 nitrogen and oxygen atoms in total. The lowest BCUT2D eigenvalue weighted by atomic mass is 9.99.